The minimum atomic E-state index is -0.376. The van der Waals surface area contributed by atoms with E-state index < -0.39 is 0 Å². The van der Waals surface area contributed by atoms with Crippen molar-refractivity contribution in [1.29, 1.82) is 0 Å². The molecule has 3 rings (SSSR count). The third kappa shape index (κ3) is 7.85. The maximum absolute atomic E-state index is 12.0. The highest BCUT2D eigenvalue weighted by Gasteiger charge is 2.05. The largest absolute Gasteiger partial charge is 0.489 e. The van der Waals surface area contributed by atoms with Crippen LogP contribution in [0.25, 0.3) is 0 Å². The molecule has 160 valence electrons. The van der Waals surface area contributed by atoms with Crippen LogP contribution in [0.2, 0.25) is 0 Å². The summed E-state index contributed by atoms with van der Waals surface area (Å²) in [5, 5.41) is 8.10. The van der Waals surface area contributed by atoms with Crippen LogP contribution in [0.3, 0.4) is 0 Å². The molecule has 0 heterocycles. The summed E-state index contributed by atoms with van der Waals surface area (Å²) in [5.74, 6) is 0.580. The molecule has 6 heteroatoms. The Morgan fingerprint density at radius 1 is 0.710 bits per heavy atom. The van der Waals surface area contributed by atoms with E-state index >= 15 is 0 Å². The van der Waals surface area contributed by atoms with Crippen LogP contribution in [0.4, 0.5) is 4.79 Å². The Kier molecular flexibility index (Phi) is 8.05. The van der Waals surface area contributed by atoms with Crippen LogP contribution in [0.15, 0.2) is 78.9 Å². The molecule has 3 aromatic rings. The van der Waals surface area contributed by atoms with Crippen LogP contribution < -0.4 is 20.7 Å². The van der Waals surface area contributed by atoms with Gasteiger partial charge in [0.1, 0.15) is 12.4 Å². The first-order valence-corrected chi connectivity index (χ1v) is 10.2. The van der Waals surface area contributed by atoms with Crippen molar-refractivity contribution in [2.45, 2.75) is 26.6 Å². The summed E-state index contributed by atoms with van der Waals surface area (Å²) in [4.78, 5) is 23.8. The topological polar surface area (TPSA) is 79.5 Å². The Balaban J connectivity index is 1.32. The van der Waals surface area contributed by atoms with Gasteiger partial charge >= 0.3 is 6.03 Å². The van der Waals surface area contributed by atoms with Crippen LogP contribution >= 0.6 is 0 Å². The first kappa shape index (κ1) is 21.9. The minimum absolute atomic E-state index is 0.0806. The summed E-state index contributed by atoms with van der Waals surface area (Å²) < 4.78 is 5.72. The van der Waals surface area contributed by atoms with Crippen LogP contribution in [0, 0.1) is 6.92 Å². The molecule has 0 saturated heterocycles. The van der Waals surface area contributed by atoms with Gasteiger partial charge in [-0.1, -0.05) is 72.3 Å². The molecule has 0 aliphatic rings. The van der Waals surface area contributed by atoms with Crippen molar-refractivity contribution in [2.24, 2.45) is 0 Å². The maximum Gasteiger partial charge on any atom is 0.315 e. The van der Waals surface area contributed by atoms with Crippen molar-refractivity contribution >= 4 is 11.9 Å². The number of benzene rings is 3. The van der Waals surface area contributed by atoms with Crippen molar-refractivity contribution in [3.05, 3.63) is 101 Å². The zero-order valence-corrected chi connectivity index (χ0v) is 17.6. The summed E-state index contributed by atoms with van der Waals surface area (Å²) in [7, 11) is 0. The summed E-state index contributed by atoms with van der Waals surface area (Å²) in [5.41, 5.74) is 4.19. The molecule has 0 bridgehead atoms. The van der Waals surface area contributed by atoms with Crippen molar-refractivity contribution in [2.75, 3.05) is 6.54 Å². The highest BCUT2D eigenvalue weighted by molar-refractivity contribution is 5.83. The molecular weight excluding hydrogens is 390 g/mol. The number of ether oxygens (including phenoxy) is 1. The SMILES string of the molecule is Cc1ccc(CNC(=O)NCC(=O)NCc2ccc(COc3ccccc3)cc2)cc1. The molecule has 3 N–H and O–H groups in total. The van der Waals surface area contributed by atoms with E-state index in [2.05, 4.69) is 16.0 Å². The number of para-hydroxylation sites is 1. The fourth-order valence-corrected chi connectivity index (χ4v) is 2.81. The summed E-state index contributed by atoms with van der Waals surface area (Å²) in [6.07, 6.45) is 0. The van der Waals surface area contributed by atoms with Gasteiger partial charge in [0.15, 0.2) is 0 Å². The lowest BCUT2D eigenvalue weighted by Gasteiger charge is -2.10. The summed E-state index contributed by atoms with van der Waals surface area (Å²) in [6, 6.07) is 25.0. The van der Waals surface area contributed by atoms with Gasteiger partial charge in [0, 0.05) is 13.1 Å². The number of rotatable bonds is 9. The quantitative estimate of drug-likeness (QED) is 0.497. The van der Waals surface area contributed by atoms with Crippen LogP contribution in [0.5, 0.6) is 5.75 Å². The second-order valence-electron chi connectivity index (χ2n) is 7.22. The van der Waals surface area contributed by atoms with E-state index in [1.165, 1.54) is 5.56 Å². The van der Waals surface area contributed by atoms with Crippen molar-refractivity contribution in [1.82, 2.24) is 16.0 Å². The molecule has 31 heavy (non-hydrogen) atoms. The summed E-state index contributed by atoms with van der Waals surface area (Å²) >= 11 is 0. The first-order valence-electron chi connectivity index (χ1n) is 10.2. The molecule has 0 aromatic heterocycles. The normalized spacial score (nSPS) is 10.2. The number of carbonyl (C=O) groups is 2. The van der Waals surface area contributed by atoms with Gasteiger partial charge in [0.2, 0.25) is 5.91 Å². The average molecular weight is 418 g/mol. The molecule has 3 amide bonds. The Morgan fingerprint density at radius 3 is 1.97 bits per heavy atom. The number of nitrogens with one attached hydrogen (secondary N) is 3. The molecule has 0 aliphatic carbocycles. The smallest absolute Gasteiger partial charge is 0.315 e. The number of hydrogen-bond donors (Lipinski definition) is 3. The van der Waals surface area contributed by atoms with Gasteiger partial charge in [-0.05, 0) is 35.7 Å². The van der Waals surface area contributed by atoms with E-state index in [-0.39, 0.29) is 18.5 Å². The third-order valence-corrected chi connectivity index (χ3v) is 4.64. The predicted octanol–water partition coefficient (Wildman–Crippen LogP) is 3.69. The lowest BCUT2D eigenvalue weighted by molar-refractivity contribution is -0.120. The number of carbonyl (C=O) groups excluding carboxylic acids is 2. The lowest BCUT2D eigenvalue weighted by atomic mass is 10.1. The van der Waals surface area contributed by atoms with Gasteiger partial charge in [-0.2, -0.15) is 0 Å². The van der Waals surface area contributed by atoms with Gasteiger partial charge in [0.05, 0.1) is 6.54 Å². The van der Waals surface area contributed by atoms with E-state index in [1.807, 2.05) is 85.8 Å². The van der Waals surface area contributed by atoms with E-state index in [0.717, 1.165) is 22.4 Å². The van der Waals surface area contributed by atoms with E-state index in [1.54, 1.807) is 0 Å². The molecule has 0 saturated carbocycles. The lowest BCUT2D eigenvalue weighted by Crippen LogP contribution is -2.41. The zero-order valence-electron chi connectivity index (χ0n) is 17.6. The Bertz CT molecular complexity index is 971. The maximum atomic E-state index is 12.0. The van der Waals surface area contributed by atoms with Gasteiger partial charge in [-0.3, -0.25) is 4.79 Å². The Labute approximate surface area is 182 Å². The van der Waals surface area contributed by atoms with Crippen molar-refractivity contribution < 1.29 is 14.3 Å². The van der Waals surface area contributed by atoms with Crippen LogP contribution in [-0.2, 0) is 24.5 Å². The fourth-order valence-electron chi connectivity index (χ4n) is 2.81. The number of amides is 3. The Morgan fingerprint density at radius 2 is 1.29 bits per heavy atom. The van der Waals surface area contributed by atoms with Crippen LogP contribution in [0.1, 0.15) is 22.3 Å². The molecule has 0 spiro atoms. The molecule has 0 radical (unpaired) electrons. The van der Waals surface area contributed by atoms with Gasteiger partial charge in [-0.15, -0.1) is 0 Å². The number of aryl methyl sites for hydroxylation is 1. The monoisotopic (exact) mass is 417 g/mol. The molecule has 6 nitrogen and oxygen atoms in total. The molecule has 3 aromatic carbocycles. The molecule has 0 aliphatic heterocycles. The zero-order chi connectivity index (χ0) is 21.9. The fraction of sp³-hybridized carbons (Fsp3) is 0.200. The second-order valence-corrected chi connectivity index (χ2v) is 7.22. The second kappa shape index (κ2) is 11.4. The molecule has 0 unspecified atom stereocenters. The van der Waals surface area contributed by atoms with Gasteiger partial charge in [0.25, 0.3) is 0 Å². The van der Waals surface area contributed by atoms with Gasteiger partial charge < -0.3 is 20.7 Å². The molecule has 0 atom stereocenters. The Hall–Kier alpha value is -3.80. The number of hydrogen-bond acceptors (Lipinski definition) is 3. The van der Waals surface area contributed by atoms with Crippen LogP contribution in [-0.4, -0.2) is 18.5 Å². The number of urea groups is 1. The summed E-state index contributed by atoms with van der Waals surface area (Å²) in [6.45, 7) is 3.22. The van der Waals surface area contributed by atoms with E-state index in [4.69, 9.17) is 4.74 Å². The highest BCUT2D eigenvalue weighted by Crippen LogP contribution is 2.12. The average Bonchev–Trinajstić information content (AvgIpc) is 2.81. The molecular formula is C25H27N3O3. The van der Waals surface area contributed by atoms with Crippen molar-refractivity contribution in [3.63, 3.8) is 0 Å². The molecule has 0 fully saturated rings. The highest BCUT2D eigenvalue weighted by atomic mass is 16.5. The van der Waals surface area contributed by atoms with Crippen molar-refractivity contribution in [3.8, 4) is 5.75 Å². The van der Waals surface area contributed by atoms with E-state index in [0.29, 0.717) is 19.7 Å². The predicted molar refractivity (Wildman–Crippen MR) is 120 cm³/mol. The van der Waals surface area contributed by atoms with E-state index in [9.17, 15) is 9.59 Å². The standard InChI is InChI=1S/C25H27N3O3/c1-19-7-9-20(10-8-19)16-27-25(30)28-17-24(29)26-15-21-11-13-22(14-12-21)18-31-23-5-3-2-4-6-23/h2-14H,15-18H2,1H3,(H,26,29)(H2,27,28,30). The first-order chi connectivity index (χ1) is 15.1. The minimum Gasteiger partial charge on any atom is -0.489 e. The van der Waals surface area contributed by atoms with Gasteiger partial charge in [-0.25, -0.2) is 4.79 Å². The third-order valence-electron chi connectivity index (χ3n) is 4.64.